The van der Waals surface area contributed by atoms with E-state index in [4.69, 9.17) is 25.8 Å². The first-order valence-corrected chi connectivity index (χ1v) is 11.4. The summed E-state index contributed by atoms with van der Waals surface area (Å²) in [5, 5.41) is 0.230. The van der Waals surface area contributed by atoms with Crippen LogP contribution in [0.5, 0.6) is 11.5 Å². The fraction of sp³-hybridized carbons (Fsp3) is 0.308. The average molecular weight is 496 g/mol. The number of aromatic nitrogens is 2. The maximum atomic E-state index is 14.1. The van der Waals surface area contributed by atoms with Gasteiger partial charge in [0.2, 0.25) is 5.91 Å². The zero-order valence-corrected chi connectivity index (χ0v) is 20.9. The minimum absolute atomic E-state index is 0.155. The Hall–Kier alpha value is -3.65. The molecule has 1 aliphatic heterocycles. The third-order valence-corrected chi connectivity index (χ3v) is 7.05. The molecule has 1 aliphatic rings. The zero-order chi connectivity index (χ0) is 25.3. The lowest BCUT2D eigenvalue weighted by molar-refractivity contribution is -0.123. The van der Waals surface area contributed by atoms with Crippen LogP contribution < -0.4 is 14.4 Å². The number of carbonyl (C=O) groups is 2. The minimum Gasteiger partial charge on any atom is -0.497 e. The fourth-order valence-electron chi connectivity index (χ4n) is 4.55. The number of hydrogen-bond donors (Lipinski definition) is 0. The molecular weight excluding hydrogens is 470 g/mol. The lowest BCUT2D eigenvalue weighted by atomic mass is 9.71. The first-order valence-electron chi connectivity index (χ1n) is 11.0. The van der Waals surface area contributed by atoms with E-state index in [0.717, 1.165) is 11.1 Å². The second-order valence-electron chi connectivity index (χ2n) is 8.47. The number of methoxy groups -OCH3 is 3. The highest BCUT2D eigenvalue weighted by atomic mass is 35.5. The molecule has 3 aromatic rings. The molecule has 0 radical (unpaired) electrons. The molecule has 4 rings (SSSR count). The maximum Gasteiger partial charge on any atom is 0.337 e. The normalized spacial score (nSPS) is 17.7. The van der Waals surface area contributed by atoms with Gasteiger partial charge in [-0.15, -0.1) is 0 Å². The Morgan fingerprint density at radius 2 is 1.80 bits per heavy atom. The van der Waals surface area contributed by atoms with E-state index in [2.05, 4.69) is 9.97 Å². The number of nitrogens with zero attached hydrogens (tertiary/aromatic N) is 3. The quantitative estimate of drug-likeness (QED) is 0.351. The average Bonchev–Trinajstić information content (AvgIpc) is 3.11. The van der Waals surface area contributed by atoms with Crippen LogP contribution in [0.4, 0.5) is 5.82 Å². The third kappa shape index (κ3) is 4.08. The van der Waals surface area contributed by atoms with Crippen molar-refractivity contribution in [2.75, 3.05) is 26.2 Å². The Labute approximate surface area is 208 Å². The molecule has 0 saturated carbocycles. The molecule has 0 N–H and O–H groups in total. The second-order valence-corrected chi connectivity index (χ2v) is 8.83. The molecule has 0 aliphatic carbocycles. The summed E-state index contributed by atoms with van der Waals surface area (Å²) in [5.41, 5.74) is 1.62. The number of fused-ring (bicyclic) bond motifs is 1. The van der Waals surface area contributed by atoms with Gasteiger partial charge in [0, 0.05) is 17.2 Å². The van der Waals surface area contributed by atoms with Gasteiger partial charge in [0.05, 0.1) is 38.9 Å². The number of halogens is 1. The summed E-state index contributed by atoms with van der Waals surface area (Å²) in [5.74, 6) is 0.836. The van der Waals surface area contributed by atoms with E-state index >= 15 is 0 Å². The van der Waals surface area contributed by atoms with E-state index in [1.165, 1.54) is 13.4 Å². The van der Waals surface area contributed by atoms with Gasteiger partial charge in [0.15, 0.2) is 0 Å². The molecule has 1 unspecified atom stereocenters. The number of amides is 1. The van der Waals surface area contributed by atoms with Crippen LogP contribution in [0.25, 0.3) is 0 Å². The molecular formula is C26H26ClN3O5. The van der Waals surface area contributed by atoms with Crippen molar-refractivity contribution < 1.29 is 23.8 Å². The number of rotatable bonds is 7. The van der Waals surface area contributed by atoms with Crippen LogP contribution in [0.1, 0.15) is 46.8 Å². The number of benzene rings is 2. The topological polar surface area (TPSA) is 90.9 Å². The van der Waals surface area contributed by atoms with E-state index in [0.29, 0.717) is 28.4 Å². The number of hydrogen-bond acceptors (Lipinski definition) is 7. The lowest BCUT2D eigenvalue weighted by Gasteiger charge is -2.31. The van der Waals surface area contributed by atoms with Crippen molar-refractivity contribution in [1.29, 1.82) is 0 Å². The van der Waals surface area contributed by atoms with Crippen molar-refractivity contribution in [3.8, 4) is 11.5 Å². The molecule has 0 bridgehead atoms. The van der Waals surface area contributed by atoms with Crippen LogP contribution >= 0.6 is 11.6 Å². The molecule has 1 amide bonds. The van der Waals surface area contributed by atoms with Crippen LogP contribution in [0, 0.1) is 0 Å². The summed E-state index contributed by atoms with van der Waals surface area (Å²) in [6.07, 6.45) is 1.36. The van der Waals surface area contributed by atoms with Crippen molar-refractivity contribution in [1.82, 2.24) is 9.97 Å². The lowest BCUT2D eigenvalue weighted by Crippen LogP contribution is -2.41. The molecule has 0 fully saturated rings. The highest BCUT2D eigenvalue weighted by molar-refractivity contribution is 6.32. The first kappa shape index (κ1) is 24.5. The van der Waals surface area contributed by atoms with Crippen LogP contribution in [0.2, 0.25) is 5.15 Å². The molecule has 0 saturated heterocycles. The van der Waals surface area contributed by atoms with E-state index in [9.17, 15) is 9.59 Å². The SMILES string of the molecule is COC(=O)c1ccc(C(C)[C@@]2(C)C(=O)N(Cc3ccc(OC)cc3OC)c3ncnc(Cl)c32)cc1. The highest BCUT2D eigenvalue weighted by Gasteiger charge is 2.53. The maximum absolute atomic E-state index is 14.1. The van der Waals surface area contributed by atoms with Crippen molar-refractivity contribution in [2.45, 2.75) is 31.7 Å². The van der Waals surface area contributed by atoms with Crippen molar-refractivity contribution >= 4 is 29.3 Å². The van der Waals surface area contributed by atoms with Crippen LogP contribution in [-0.2, 0) is 21.5 Å². The van der Waals surface area contributed by atoms with Crippen LogP contribution in [0.3, 0.4) is 0 Å². The van der Waals surface area contributed by atoms with Gasteiger partial charge in [-0.05, 0) is 42.7 Å². The van der Waals surface area contributed by atoms with Gasteiger partial charge in [-0.25, -0.2) is 14.8 Å². The molecule has 8 nitrogen and oxygen atoms in total. The summed E-state index contributed by atoms with van der Waals surface area (Å²) in [4.78, 5) is 36.1. The van der Waals surface area contributed by atoms with Gasteiger partial charge in [-0.2, -0.15) is 0 Å². The van der Waals surface area contributed by atoms with Gasteiger partial charge in [0.1, 0.15) is 28.8 Å². The molecule has 2 aromatic carbocycles. The summed E-state index contributed by atoms with van der Waals surface area (Å²) in [7, 11) is 4.49. The van der Waals surface area contributed by atoms with Crippen molar-refractivity contribution in [3.63, 3.8) is 0 Å². The summed E-state index contributed by atoms with van der Waals surface area (Å²) in [6.45, 7) is 4.04. The van der Waals surface area contributed by atoms with E-state index in [1.54, 1.807) is 37.3 Å². The predicted molar refractivity (Wildman–Crippen MR) is 131 cm³/mol. The van der Waals surface area contributed by atoms with Crippen molar-refractivity contribution in [3.05, 3.63) is 76.2 Å². The number of ether oxygens (including phenoxy) is 3. The van der Waals surface area contributed by atoms with Crippen LogP contribution in [-0.4, -0.2) is 43.2 Å². The molecule has 35 heavy (non-hydrogen) atoms. The van der Waals surface area contributed by atoms with Gasteiger partial charge >= 0.3 is 5.97 Å². The van der Waals surface area contributed by atoms with Gasteiger partial charge in [-0.1, -0.05) is 30.7 Å². The second kappa shape index (κ2) is 9.54. The van der Waals surface area contributed by atoms with Crippen LogP contribution in [0.15, 0.2) is 48.8 Å². The first-order chi connectivity index (χ1) is 16.8. The molecule has 9 heteroatoms. The van der Waals surface area contributed by atoms with E-state index in [1.807, 2.05) is 38.1 Å². The summed E-state index contributed by atoms with van der Waals surface area (Å²) in [6, 6.07) is 12.5. The monoisotopic (exact) mass is 495 g/mol. The molecule has 1 aromatic heterocycles. The number of carbonyl (C=O) groups excluding carboxylic acids is 2. The standard InChI is InChI=1S/C26H26ClN3O5/c1-15(16-6-8-17(9-7-16)24(31)35-5)26(2)21-22(27)28-14-29-23(21)30(25(26)32)13-18-10-11-19(33-3)12-20(18)34-4/h6-12,14-15H,13H2,1-5H3/t15?,26-/m1/s1. The smallest absolute Gasteiger partial charge is 0.337 e. The fourth-order valence-corrected chi connectivity index (χ4v) is 4.88. The van der Waals surface area contributed by atoms with Gasteiger partial charge in [0.25, 0.3) is 0 Å². The largest absolute Gasteiger partial charge is 0.497 e. The Morgan fingerprint density at radius 3 is 2.43 bits per heavy atom. The zero-order valence-electron chi connectivity index (χ0n) is 20.2. The highest BCUT2D eigenvalue weighted by Crippen LogP contribution is 2.51. The van der Waals surface area contributed by atoms with Crippen molar-refractivity contribution in [2.24, 2.45) is 0 Å². The third-order valence-electron chi connectivity index (χ3n) is 6.77. The van der Waals surface area contributed by atoms with Gasteiger partial charge < -0.3 is 14.2 Å². The van der Waals surface area contributed by atoms with E-state index < -0.39 is 11.4 Å². The Morgan fingerprint density at radius 1 is 1.09 bits per heavy atom. The number of esters is 1. The molecule has 182 valence electrons. The summed E-state index contributed by atoms with van der Waals surface area (Å²) >= 11 is 6.57. The molecule has 0 spiro atoms. The Bertz CT molecular complexity index is 1280. The van der Waals surface area contributed by atoms with E-state index in [-0.39, 0.29) is 23.5 Å². The number of anilines is 1. The minimum atomic E-state index is -1.04. The molecule has 2 heterocycles. The predicted octanol–water partition coefficient (Wildman–Crippen LogP) is 4.54. The summed E-state index contributed by atoms with van der Waals surface area (Å²) < 4.78 is 15.6. The Kier molecular flexibility index (Phi) is 6.67. The molecule has 2 atom stereocenters. The van der Waals surface area contributed by atoms with Gasteiger partial charge in [-0.3, -0.25) is 9.69 Å². The Balaban J connectivity index is 1.76.